The number of fused-ring (bicyclic) bond motifs is 1. The van der Waals surface area contributed by atoms with Crippen molar-refractivity contribution in [3.8, 4) is 11.4 Å². The first-order valence-electron chi connectivity index (χ1n) is 6.87. The van der Waals surface area contributed by atoms with Crippen molar-refractivity contribution in [1.82, 2.24) is 9.55 Å². The molecule has 2 aromatic carbocycles. The zero-order valence-corrected chi connectivity index (χ0v) is 12.4. The molecule has 3 rings (SSSR count). The topological polar surface area (TPSA) is 17.8 Å². The standard InChI is InChI=1S/C17H17ClN2/c1-12(2)11-20-16-10-6-5-9-15(16)19-17(20)13-7-3-4-8-14(13)18/h3-10,12H,11H2,1-2H3. The molecular formula is C17H17ClN2. The molecule has 0 unspecified atom stereocenters. The lowest BCUT2D eigenvalue weighted by Gasteiger charge is -2.12. The number of hydrogen-bond donors (Lipinski definition) is 0. The lowest BCUT2D eigenvalue weighted by atomic mass is 10.2. The minimum absolute atomic E-state index is 0.550. The number of imidazole rings is 1. The van der Waals surface area contributed by atoms with Crippen LogP contribution in [-0.4, -0.2) is 9.55 Å². The van der Waals surface area contributed by atoms with Gasteiger partial charge in [0.2, 0.25) is 0 Å². The van der Waals surface area contributed by atoms with Gasteiger partial charge in [-0.1, -0.05) is 49.7 Å². The minimum Gasteiger partial charge on any atom is -0.324 e. The van der Waals surface area contributed by atoms with Gasteiger partial charge in [-0.2, -0.15) is 0 Å². The second-order valence-electron chi connectivity index (χ2n) is 5.41. The van der Waals surface area contributed by atoms with E-state index in [1.165, 1.54) is 0 Å². The van der Waals surface area contributed by atoms with Gasteiger partial charge >= 0.3 is 0 Å². The fourth-order valence-electron chi connectivity index (χ4n) is 2.47. The van der Waals surface area contributed by atoms with Gasteiger partial charge in [-0.15, -0.1) is 0 Å². The van der Waals surface area contributed by atoms with Gasteiger partial charge in [-0.3, -0.25) is 0 Å². The van der Waals surface area contributed by atoms with Gasteiger partial charge in [0, 0.05) is 12.1 Å². The van der Waals surface area contributed by atoms with Gasteiger partial charge in [-0.05, 0) is 30.2 Å². The minimum atomic E-state index is 0.550. The molecule has 0 atom stereocenters. The molecule has 0 spiro atoms. The largest absolute Gasteiger partial charge is 0.324 e. The van der Waals surface area contributed by atoms with Crippen LogP contribution in [0.4, 0.5) is 0 Å². The highest BCUT2D eigenvalue weighted by atomic mass is 35.5. The lowest BCUT2D eigenvalue weighted by Crippen LogP contribution is -2.06. The van der Waals surface area contributed by atoms with Crippen LogP contribution in [0.1, 0.15) is 13.8 Å². The van der Waals surface area contributed by atoms with Crippen LogP contribution in [0.15, 0.2) is 48.5 Å². The zero-order valence-electron chi connectivity index (χ0n) is 11.7. The molecule has 1 aromatic heterocycles. The summed E-state index contributed by atoms with van der Waals surface area (Å²) in [6.45, 7) is 5.36. The van der Waals surface area contributed by atoms with Crippen molar-refractivity contribution in [2.24, 2.45) is 5.92 Å². The van der Waals surface area contributed by atoms with Crippen LogP contribution in [0.3, 0.4) is 0 Å². The number of benzene rings is 2. The van der Waals surface area contributed by atoms with E-state index in [-0.39, 0.29) is 0 Å². The number of nitrogens with zero attached hydrogens (tertiary/aromatic N) is 2. The molecule has 0 N–H and O–H groups in total. The van der Waals surface area contributed by atoms with Crippen LogP contribution in [-0.2, 0) is 6.54 Å². The molecule has 2 nitrogen and oxygen atoms in total. The van der Waals surface area contributed by atoms with Crippen LogP contribution in [0, 0.1) is 5.92 Å². The highest BCUT2D eigenvalue weighted by molar-refractivity contribution is 6.33. The van der Waals surface area contributed by atoms with Crippen molar-refractivity contribution >= 4 is 22.6 Å². The fraction of sp³-hybridized carbons (Fsp3) is 0.235. The molecule has 0 radical (unpaired) electrons. The van der Waals surface area contributed by atoms with Gasteiger partial charge < -0.3 is 4.57 Å². The van der Waals surface area contributed by atoms with E-state index in [4.69, 9.17) is 16.6 Å². The Labute approximate surface area is 124 Å². The second-order valence-corrected chi connectivity index (χ2v) is 5.82. The number of para-hydroxylation sites is 2. The summed E-state index contributed by atoms with van der Waals surface area (Å²) in [6, 6.07) is 16.1. The summed E-state index contributed by atoms with van der Waals surface area (Å²) in [4.78, 5) is 4.78. The molecule has 0 aliphatic carbocycles. The molecule has 0 fully saturated rings. The molecule has 0 aliphatic rings. The average Bonchev–Trinajstić information content (AvgIpc) is 2.78. The van der Waals surface area contributed by atoms with Crippen LogP contribution in [0.25, 0.3) is 22.4 Å². The third kappa shape index (κ3) is 2.32. The monoisotopic (exact) mass is 284 g/mol. The van der Waals surface area contributed by atoms with E-state index in [2.05, 4.69) is 30.5 Å². The maximum Gasteiger partial charge on any atom is 0.142 e. The first kappa shape index (κ1) is 13.2. The van der Waals surface area contributed by atoms with E-state index in [1.54, 1.807) is 0 Å². The highest BCUT2D eigenvalue weighted by Crippen LogP contribution is 2.30. The Balaban J connectivity index is 2.26. The molecule has 0 aliphatic heterocycles. The summed E-state index contributed by atoms with van der Waals surface area (Å²) in [6.07, 6.45) is 0. The highest BCUT2D eigenvalue weighted by Gasteiger charge is 2.15. The predicted octanol–water partition coefficient (Wildman–Crippen LogP) is 5.01. The average molecular weight is 285 g/mol. The first-order valence-corrected chi connectivity index (χ1v) is 7.25. The molecule has 3 heteroatoms. The summed E-state index contributed by atoms with van der Waals surface area (Å²) in [5.74, 6) is 1.50. The van der Waals surface area contributed by atoms with Crippen molar-refractivity contribution in [2.45, 2.75) is 20.4 Å². The molecule has 0 saturated carbocycles. The third-order valence-corrected chi connectivity index (χ3v) is 3.65. The van der Waals surface area contributed by atoms with Gasteiger partial charge in [-0.25, -0.2) is 4.98 Å². The van der Waals surface area contributed by atoms with Crippen molar-refractivity contribution in [3.05, 3.63) is 53.6 Å². The number of rotatable bonds is 3. The summed E-state index contributed by atoms with van der Waals surface area (Å²) < 4.78 is 2.27. The molecule has 1 heterocycles. The quantitative estimate of drug-likeness (QED) is 0.661. The zero-order chi connectivity index (χ0) is 14.1. The van der Waals surface area contributed by atoms with E-state index in [1.807, 2.05) is 36.4 Å². The maximum absolute atomic E-state index is 6.34. The fourth-order valence-corrected chi connectivity index (χ4v) is 2.69. The molecule has 3 aromatic rings. The van der Waals surface area contributed by atoms with Crippen molar-refractivity contribution in [1.29, 1.82) is 0 Å². The molecule has 20 heavy (non-hydrogen) atoms. The maximum atomic E-state index is 6.34. The molecule has 102 valence electrons. The van der Waals surface area contributed by atoms with Crippen LogP contribution >= 0.6 is 11.6 Å². The van der Waals surface area contributed by atoms with Gasteiger partial charge in [0.25, 0.3) is 0 Å². The van der Waals surface area contributed by atoms with Crippen LogP contribution < -0.4 is 0 Å². The Hall–Kier alpha value is -1.80. The van der Waals surface area contributed by atoms with E-state index in [0.29, 0.717) is 5.92 Å². The molecule has 0 amide bonds. The predicted molar refractivity (Wildman–Crippen MR) is 85.0 cm³/mol. The van der Waals surface area contributed by atoms with E-state index in [0.717, 1.165) is 34.0 Å². The van der Waals surface area contributed by atoms with Gasteiger partial charge in [0.1, 0.15) is 5.82 Å². The first-order chi connectivity index (χ1) is 9.66. The number of hydrogen-bond acceptors (Lipinski definition) is 1. The SMILES string of the molecule is CC(C)Cn1c(-c2ccccc2Cl)nc2ccccc21. The van der Waals surface area contributed by atoms with E-state index in [9.17, 15) is 0 Å². The van der Waals surface area contributed by atoms with E-state index < -0.39 is 0 Å². The number of halogens is 1. The summed E-state index contributed by atoms with van der Waals surface area (Å²) in [7, 11) is 0. The normalized spacial score (nSPS) is 11.4. The Kier molecular flexibility index (Phi) is 3.49. The van der Waals surface area contributed by atoms with Gasteiger partial charge in [0.15, 0.2) is 0 Å². The van der Waals surface area contributed by atoms with Crippen LogP contribution in [0.5, 0.6) is 0 Å². The van der Waals surface area contributed by atoms with Crippen molar-refractivity contribution < 1.29 is 0 Å². The Bertz CT molecular complexity index is 744. The second kappa shape index (κ2) is 5.29. The van der Waals surface area contributed by atoms with Gasteiger partial charge in [0.05, 0.1) is 16.1 Å². The van der Waals surface area contributed by atoms with Crippen molar-refractivity contribution in [3.63, 3.8) is 0 Å². The summed E-state index contributed by atoms with van der Waals surface area (Å²) in [5, 5.41) is 0.743. The summed E-state index contributed by atoms with van der Waals surface area (Å²) in [5.41, 5.74) is 3.17. The Morgan fingerprint density at radius 1 is 1.05 bits per heavy atom. The van der Waals surface area contributed by atoms with Crippen LogP contribution in [0.2, 0.25) is 5.02 Å². The molecule has 0 bridgehead atoms. The lowest BCUT2D eigenvalue weighted by molar-refractivity contribution is 0.536. The smallest absolute Gasteiger partial charge is 0.142 e. The molecular weight excluding hydrogens is 268 g/mol. The number of aromatic nitrogens is 2. The Morgan fingerprint density at radius 2 is 1.75 bits per heavy atom. The molecule has 0 saturated heterocycles. The summed E-state index contributed by atoms with van der Waals surface area (Å²) >= 11 is 6.34. The Morgan fingerprint density at radius 3 is 2.50 bits per heavy atom. The van der Waals surface area contributed by atoms with Crippen molar-refractivity contribution in [2.75, 3.05) is 0 Å². The van der Waals surface area contributed by atoms with E-state index >= 15 is 0 Å². The third-order valence-electron chi connectivity index (χ3n) is 3.32.